The Kier molecular flexibility index (Phi) is 4.58. The number of aliphatic hydroxyl groups excluding tert-OH is 1. The molecule has 1 heterocycles. The summed E-state index contributed by atoms with van der Waals surface area (Å²) in [6.45, 7) is 4.51. The van der Waals surface area contributed by atoms with Crippen LogP contribution in [0, 0.1) is 6.92 Å². The molecule has 2 aromatic rings. The van der Waals surface area contributed by atoms with Gasteiger partial charge >= 0.3 is 0 Å². The fourth-order valence-corrected chi connectivity index (χ4v) is 2.09. The Morgan fingerprint density at radius 1 is 1.30 bits per heavy atom. The number of hydrogen-bond donors (Lipinski definition) is 1. The number of nitrogens with zero attached hydrogens (tertiary/aromatic N) is 1. The van der Waals surface area contributed by atoms with Crippen molar-refractivity contribution in [3.8, 4) is 5.75 Å². The molecule has 0 saturated carbocycles. The van der Waals surface area contributed by atoms with Crippen LogP contribution in [-0.4, -0.2) is 16.3 Å². The van der Waals surface area contributed by atoms with Gasteiger partial charge in [-0.25, -0.2) is 0 Å². The second-order valence-electron chi connectivity index (χ2n) is 4.68. The van der Waals surface area contributed by atoms with Crippen LogP contribution in [0.3, 0.4) is 0 Å². The van der Waals surface area contributed by atoms with Crippen molar-refractivity contribution in [1.82, 2.24) is 4.57 Å². The molecule has 0 spiro atoms. The predicted octanol–water partition coefficient (Wildman–Crippen LogP) is 2.29. The molecule has 0 bridgehead atoms. The largest absolute Gasteiger partial charge is 0.493 e. The maximum absolute atomic E-state index is 11.8. The van der Waals surface area contributed by atoms with Crippen molar-refractivity contribution in [2.75, 3.05) is 6.61 Å². The lowest BCUT2D eigenvalue weighted by molar-refractivity contribution is 0.150. The van der Waals surface area contributed by atoms with Gasteiger partial charge in [-0.1, -0.05) is 18.2 Å². The zero-order chi connectivity index (χ0) is 14.5. The van der Waals surface area contributed by atoms with Crippen molar-refractivity contribution in [3.63, 3.8) is 0 Å². The van der Waals surface area contributed by atoms with E-state index in [2.05, 4.69) is 0 Å². The van der Waals surface area contributed by atoms with Crippen LogP contribution in [0.15, 0.2) is 47.4 Å². The molecule has 1 N–H and O–H groups in total. The maximum Gasteiger partial charge on any atom is 0.250 e. The highest BCUT2D eigenvalue weighted by atomic mass is 16.5. The van der Waals surface area contributed by atoms with Gasteiger partial charge in [0.1, 0.15) is 11.9 Å². The van der Waals surface area contributed by atoms with Gasteiger partial charge in [0, 0.05) is 17.8 Å². The van der Waals surface area contributed by atoms with Crippen LogP contribution in [0.1, 0.15) is 24.2 Å². The van der Waals surface area contributed by atoms with Crippen molar-refractivity contribution in [2.45, 2.75) is 26.5 Å². The molecule has 0 amide bonds. The SMILES string of the molecule is CCOc1ccccc1C(O)Cn1ccc(C)cc1=O. The summed E-state index contributed by atoms with van der Waals surface area (Å²) in [5.41, 5.74) is 1.50. The number of para-hydroxylation sites is 1. The van der Waals surface area contributed by atoms with Gasteiger partial charge in [0.2, 0.25) is 0 Å². The second-order valence-corrected chi connectivity index (χ2v) is 4.68. The Hall–Kier alpha value is -2.07. The molecule has 20 heavy (non-hydrogen) atoms. The molecule has 1 atom stereocenters. The summed E-state index contributed by atoms with van der Waals surface area (Å²) in [7, 11) is 0. The summed E-state index contributed by atoms with van der Waals surface area (Å²) < 4.78 is 7.00. The highest BCUT2D eigenvalue weighted by molar-refractivity contribution is 5.35. The lowest BCUT2D eigenvalue weighted by Crippen LogP contribution is -2.22. The quantitative estimate of drug-likeness (QED) is 0.909. The number of aryl methyl sites for hydroxylation is 1. The molecule has 0 aliphatic heterocycles. The van der Waals surface area contributed by atoms with Gasteiger partial charge in [-0.2, -0.15) is 0 Å². The summed E-state index contributed by atoms with van der Waals surface area (Å²) in [6.07, 6.45) is 0.919. The molecule has 2 rings (SSSR count). The van der Waals surface area contributed by atoms with Gasteiger partial charge < -0.3 is 14.4 Å². The zero-order valence-electron chi connectivity index (χ0n) is 11.7. The van der Waals surface area contributed by atoms with E-state index in [0.29, 0.717) is 17.9 Å². The summed E-state index contributed by atoms with van der Waals surface area (Å²) in [6, 6.07) is 10.7. The first-order chi connectivity index (χ1) is 9.61. The first-order valence-electron chi connectivity index (χ1n) is 6.68. The first-order valence-corrected chi connectivity index (χ1v) is 6.68. The zero-order valence-corrected chi connectivity index (χ0v) is 11.7. The number of aromatic nitrogens is 1. The maximum atomic E-state index is 11.8. The normalized spacial score (nSPS) is 12.2. The van der Waals surface area contributed by atoms with Crippen LogP contribution in [0.4, 0.5) is 0 Å². The van der Waals surface area contributed by atoms with Gasteiger partial charge in [0.05, 0.1) is 13.2 Å². The van der Waals surface area contributed by atoms with Crippen LogP contribution in [0.25, 0.3) is 0 Å². The third-order valence-corrected chi connectivity index (χ3v) is 3.10. The number of benzene rings is 1. The minimum absolute atomic E-state index is 0.113. The van der Waals surface area contributed by atoms with E-state index in [1.165, 1.54) is 4.57 Å². The van der Waals surface area contributed by atoms with E-state index in [1.54, 1.807) is 12.3 Å². The van der Waals surface area contributed by atoms with Gasteiger partial charge in [0.15, 0.2) is 0 Å². The van der Waals surface area contributed by atoms with E-state index in [4.69, 9.17) is 4.74 Å². The number of ether oxygens (including phenoxy) is 1. The molecule has 0 saturated heterocycles. The fourth-order valence-electron chi connectivity index (χ4n) is 2.09. The molecule has 0 aliphatic rings. The van der Waals surface area contributed by atoms with E-state index in [-0.39, 0.29) is 12.1 Å². The van der Waals surface area contributed by atoms with Crippen LogP contribution < -0.4 is 10.3 Å². The smallest absolute Gasteiger partial charge is 0.250 e. The lowest BCUT2D eigenvalue weighted by Gasteiger charge is -2.16. The van der Waals surface area contributed by atoms with Gasteiger partial charge in [-0.3, -0.25) is 4.79 Å². The Bertz CT molecular complexity index is 634. The van der Waals surface area contributed by atoms with E-state index < -0.39 is 6.10 Å². The Morgan fingerprint density at radius 2 is 2.05 bits per heavy atom. The number of pyridine rings is 1. The average Bonchev–Trinajstić information content (AvgIpc) is 2.43. The van der Waals surface area contributed by atoms with Crippen LogP contribution in [0.5, 0.6) is 5.75 Å². The third kappa shape index (κ3) is 3.27. The summed E-state index contributed by atoms with van der Waals surface area (Å²) in [5.74, 6) is 0.655. The number of hydrogen-bond acceptors (Lipinski definition) is 3. The molecule has 1 unspecified atom stereocenters. The monoisotopic (exact) mass is 273 g/mol. The molecule has 0 radical (unpaired) electrons. The topological polar surface area (TPSA) is 51.5 Å². The third-order valence-electron chi connectivity index (χ3n) is 3.10. The minimum Gasteiger partial charge on any atom is -0.493 e. The number of aliphatic hydroxyl groups is 1. The molecule has 4 nitrogen and oxygen atoms in total. The van der Waals surface area contributed by atoms with Crippen LogP contribution in [-0.2, 0) is 6.54 Å². The standard InChI is InChI=1S/C16H19NO3/c1-3-20-15-7-5-4-6-13(15)14(18)11-17-9-8-12(2)10-16(17)19/h4-10,14,18H,3,11H2,1-2H3. The average molecular weight is 273 g/mol. The Labute approximate surface area is 118 Å². The highest BCUT2D eigenvalue weighted by Crippen LogP contribution is 2.25. The van der Waals surface area contributed by atoms with E-state index in [9.17, 15) is 9.90 Å². The molecule has 0 aliphatic carbocycles. The number of rotatable bonds is 5. The van der Waals surface area contributed by atoms with E-state index >= 15 is 0 Å². The summed E-state index contributed by atoms with van der Waals surface area (Å²) in [5, 5.41) is 10.3. The van der Waals surface area contributed by atoms with E-state index in [0.717, 1.165) is 5.56 Å². The predicted molar refractivity (Wildman–Crippen MR) is 78.0 cm³/mol. The Balaban J connectivity index is 2.23. The minimum atomic E-state index is -0.779. The van der Waals surface area contributed by atoms with Gasteiger partial charge in [0.25, 0.3) is 5.56 Å². The fraction of sp³-hybridized carbons (Fsp3) is 0.312. The summed E-state index contributed by atoms with van der Waals surface area (Å²) in [4.78, 5) is 11.8. The first kappa shape index (κ1) is 14.3. The molecular weight excluding hydrogens is 254 g/mol. The second kappa shape index (κ2) is 6.39. The molecule has 4 heteroatoms. The van der Waals surface area contributed by atoms with Crippen molar-refractivity contribution in [3.05, 3.63) is 64.1 Å². The molecule has 1 aromatic heterocycles. The molecule has 106 valence electrons. The Morgan fingerprint density at radius 3 is 2.75 bits per heavy atom. The van der Waals surface area contributed by atoms with Crippen molar-refractivity contribution in [2.24, 2.45) is 0 Å². The van der Waals surface area contributed by atoms with Gasteiger partial charge in [-0.15, -0.1) is 0 Å². The lowest BCUT2D eigenvalue weighted by atomic mass is 10.1. The van der Waals surface area contributed by atoms with Crippen LogP contribution in [0.2, 0.25) is 0 Å². The molecular formula is C16H19NO3. The van der Waals surface area contributed by atoms with E-state index in [1.807, 2.05) is 44.2 Å². The van der Waals surface area contributed by atoms with Crippen molar-refractivity contribution >= 4 is 0 Å². The van der Waals surface area contributed by atoms with Crippen molar-refractivity contribution < 1.29 is 9.84 Å². The van der Waals surface area contributed by atoms with Crippen LogP contribution >= 0.6 is 0 Å². The highest BCUT2D eigenvalue weighted by Gasteiger charge is 2.14. The molecule has 0 fully saturated rings. The summed E-state index contributed by atoms with van der Waals surface area (Å²) >= 11 is 0. The molecule has 1 aromatic carbocycles. The van der Waals surface area contributed by atoms with Gasteiger partial charge in [-0.05, 0) is 31.5 Å². The van der Waals surface area contributed by atoms with Crippen molar-refractivity contribution in [1.29, 1.82) is 0 Å².